The van der Waals surface area contributed by atoms with E-state index in [9.17, 15) is 4.79 Å². The summed E-state index contributed by atoms with van der Waals surface area (Å²) < 4.78 is 15.2. The highest BCUT2D eigenvalue weighted by molar-refractivity contribution is 5.85. The van der Waals surface area contributed by atoms with Crippen molar-refractivity contribution in [3.8, 4) is 5.75 Å². The van der Waals surface area contributed by atoms with Crippen LogP contribution in [-0.2, 0) is 9.53 Å². The maximum atomic E-state index is 11.3. The number of rotatable bonds is 3. The number of esters is 1. The van der Waals surface area contributed by atoms with Gasteiger partial charge in [-0.15, -0.1) is 0 Å². The molecular formula is C12H13NO4. The molecule has 0 bridgehead atoms. The van der Waals surface area contributed by atoms with E-state index in [-0.39, 0.29) is 0 Å². The Morgan fingerprint density at radius 1 is 1.41 bits per heavy atom. The van der Waals surface area contributed by atoms with E-state index in [1.807, 2.05) is 12.1 Å². The fraction of sp³-hybridized carbons (Fsp3) is 0.250. The number of para-hydroxylation sites is 1. The normalized spacial score (nSPS) is 12.4. The predicted molar refractivity (Wildman–Crippen MR) is 61.7 cm³/mol. The van der Waals surface area contributed by atoms with Crippen molar-refractivity contribution in [3.63, 3.8) is 0 Å². The molecular weight excluding hydrogens is 222 g/mol. The minimum atomic E-state index is -0.919. The fourth-order valence-corrected chi connectivity index (χ4v) is 1.61. The van der Waals surface area contributed by atoms with Crippen LogP contribution >= 0.6 is 0 Å². The molecule has 0 radical (unpaired) electrons. The van der Waals surface area contributed by atoms with E-state index in [0.29, 0.717) is 17.1 Å². The first-order valence-corrected chi connectivity index (χ1v) is 5.07. The SMILES string of the molecule is COC(=O)C(N)c1cc2cccc(OC)c2o1. The Labute approximate surface area is 98.1 Å². The average molecular weight is 235 g/mol. The number of furan rings is 1. The molecule has 1 atom stereocenters. The van der Waals surface area contributed by atoms with Gasteiger partial charge < -0.3 is 19.6 Å². The number of carbonyl (C=O) groups excluding carboxylic acids is 1. The van der Waals surface area contributed by atoms with E-state index < -0.39 is 12.0 Å². The Balaban J connectivity index is 2.47. The average Bonchev–Trinajstić information content (AvgIpc) is 2.80. The number of ether oxygens (including phenoxy) is 2. The van der Waals surface area contributed by atoms with Crippen LogP contribution in [0.3, 0.4) is 0 Å². The Bertz CT molecular complexity index is 546. The Morgan fingerprint density at radius 2 is 2.18 bits per heavy atom. The van der Waals surface area contributed by atoms with E-state index >= 15 is 0 Å². The summed E-state index contributed by atoms with van der Waals surface area (Å²) in [6.45, 7) is 0. The number of hydrogen-bond acceptors (Lipinski definition) is 5. The van der Waals surface area contributed by atoms with Gasteiger partial charge in [0.15, 0.2) is 17.4 Å². The van der Waals surface area contributed by atoms with Gasteiger partial charge in [-0.2, -0.15) is 0 Å². The van der Waals surface area contributed by atoms with Gasteiger partial charge in [0.25, 0.3) is 0 Å². The second-order valence-corrected chi connectivity index (χ2v) is 3.53. The highest BCUT2D eigenvalue weighted by atomic mass is 16.5. The molecule has 2 aromatic rings. The largest absolute Gasteiger partial charge is 0.493 e. The minimum Gasteiger partial charge on any atom is -0.493 e. The van der Waals surface area contributed by atoms with Crippen LogP contribution in [0, 0.1) is 0 Å². The molecule has 0 fully saturated rings. The number of methoxy groups -OCH3 is 2. The van der Waals surface area contributed by atoms with Crippen molar-refractivity contribution in [1.29, 1.82) is 0 Å². The van der Waals surface area contributed by atoms with Crippen LogP contribution in [-0.4, -0.2) is 20.2 Å². The molecule has 5 heteroatoms. The third-order valence-electron chi connectivity index (χ3n) is 2.51. The summed E-state index contributed by atoms with van der Waals surface area (Å²) in [4.78, 5) is 11.3. The highest BCUT2D eigenvalue weighted by Gasteiger charge is 2.21. The lowest BCUT2D eigenvalue weighted by Crippen LogP contribution is -2.21. The van der Waals surface area contributed by atoms with Crippen molar-refractivity contribution in [2.45, 2.75) is 6.04 Å². The minimum absolute atomic E-state index is 0.358. The zero-order valence-electron chi connectivity index (χ0n) is 9.60. The molecule has 0 saturated carbocycles. The van der Waals surface area contributed by atoms with Crippen molar-refractivity contribution < 1.29 is 18.7 Å². The molecule has 0 spiro atoms. The van der Waals surface area contributed by atoms with Crippen LogP contribution in [0.15, 0.2) is 28.7 Å². The summed E-state index contributed by atoms with van der Waals surface area (Å²) in [5.74, 6) is 0.421. The van der Waals surface area contributed by atoms with Crippen molar-refractivity contribution in [2.75, 3.05) is 14.2 Å². The van der Waals surface area contributed by atoms with Crippen molar-refractivity contribution >= 4 is 16.9 Å². The first-order chi connectivity index (χ1) is 8.17. The van der Waals surface area contributed by atoms with Crippen LogP contribution in [0.4, 0.5) is 0 Å². The highest BCUT2D eigenvalue weighted by Crippen LogP contribution is 2.30. The van der Waals surface area contributed by atoms with Gasteiger partial charge in [-0.25, -0.2) is 4.79 Å². The van der Waals surface area contributed by atoms with Crippen LogP contribution in [0.1, 0.15) is 11.8 Å². The molecule has 0 aliphatic heterocycles. The first-order valence-electron chi connectivity index (χ1n) is 5.07. The van der Waals surface area contributed by atoms with Crippen molar-refractivity contribution in [3.05, 3.63) is 30.0 Å². The molecule has 0 aliphatic carbocycles. The topological polar surface area (TPSA) is 74.7 Å². The number of fused-ring (bicyclic) bond motifs is 1. The predicted octanol–water partition coefficient (Wildman–Crippen LogP) is 1.61. The summed E-state index contributed by atoms with van der Waals surface area (Å²) in [5, 5.41) is 0.832. The molecule has 90 valence electrons. The summed E-state index contributed by atoms with van der Waals surface area (Å²) in [6, 6.07) is 6.26. The van der Waals surface area contributed by atoms with Crippen molar-refractivity contribution in [2.24, 2.45) is 5.73 Å². The van der Waals surface area contributed by atoms with Crippen molar-refractivity contribution in [1.82, 2.24) is 0 Å². The monoisotopic (exact) mass is 235 g/mol. The second kappa shape index (κ2) is 4.47. The van der Waals surface area contributed by atoms with E-state index in [1.54, 1.807) is 19.2 Å². The van der Waals surface area contributed by atoms with E-state index in [1.165, 1.54) is 7.11 Å². The smallest absolute Gasteiger partial charge is 0.330 e. The van der Waals surface area contributed by atoms with Gasteiger partial charge >= 0.3 is 5.97 Å². The molecule has 0 aliphatic rings. The number of benzene rings is 1. The van der Waals surface area contributed by atoms with Gasteiger partial charge in [-0.1, -0.05) is 12.1 Å². The maximum Gasteiger partial charge on any atom is 0.330 e. The molecule has 17 heavy (non-hydrogen) atoms. The number of carbonyl (C=O) groups is 1. The van der Waals surface area contributed by atoms with Gasteiger partial charge in [0, 0.05) is 5.39 Å². The van der Waals surface area contributed by atoms with Gasteiger partial charge in [0.05, 0.1) is 14.2 Å². The molecule has 2 rings (SSSR count). The summed E-state index contributed by atoms with van der Waals surface area (Å²) in [5.41, 5.74) is 6.27. The second-order valence-electron chi connectivity index (χ2n) is 3.53. The fourth-order valence-electron chi connectivity index (χ4n) is 1.61. The Morgan fingerprint density at radius 3 is 2.82 bits per heavy atom. The molecule has 1 heterocycles. The third kappa shape index (κ3) is 1.97. The van der Waals surface area contributed by atoms with Gasteiger partial charge in [-0.05, 0) is 12.1 Å². The molecule has 0 saturated heterocycles. The van der Waals surface area contributed by atoms with Crippen LogP contribution in [0.2, 0.25) is 0 Å². The molecule has 2 N–H and O–H groups in total. The Kier molecular flexibility index (Phi) is 3.01. The van der Waals surface area contributed by atoms with Gasteiger partial charge in [-0.3, -0.25) is 0 Å². The lowest BCUT2D eigenvalue weighted by molar-refractivity contribution is -0.142. The van der Waals surface area contributed by atoms with E-state index in [2.05, 4.69) is 4.74 Å². The Hall–Kier alpha value is -2.01. The van der Waals surface area contributed by atoms with Crippen LogP contribution in [0.5, 0.6) is 5.75 Å². The molecule has 1 aromatic carbocycles. The van der Waals surface area contributed by atoms with Crippen LogP contribution < -0.4 is 10.5 Å². The lowest BCUT2D eigenvalue weighted by Gasteiger charge is -2.04. The number of hydrogen-bond donors (Lipinski definition) is 1. The van der Waals surface area contributed by atoms with Gasteiger partial charge in [0.1, 0.15) is 5.76 Å². The lowest BCUT2D eigenvalue weighted by atomic mass is 10.2. The number of nitrogens with two attached hydrogens (primary N) is 1. The summed E-state index contributed by atoms with van der Waals surface area (Å²) >= 11 is 0. The first kappa shape index (κ1) is 11.5. The summed E-state index contributed by atoms with van der Waals surface area (Å²) in [7, 11) is 2.84. The zero-order valence-corrected chi connectivity index (χ0v) is 9.60. The van der Waals surface area contributed by atoms with E-state index in [4.69, 9.17) is 14.9 Å². The van der Waals surface area contributed by atoms with Crippen LogP contribution in [0.25, 0.3) is 11.0 Å². The summed E-state index contributed by atoms with van der Waals surface area (Å²) in [6.07, 6.45) is 0. The third-order valence-corrected chi connectivity index (χ3v) is 2.51. The standard InChI is InChI=1S/C12H13NO4/c1-15-8-5-3-4-7-6-9(17-11(7)8)10(13)12(14)16-2/h3-6,10H,13H2,1-2H3. The zero-order chi connectivity index (χ0) is 12.4. The molecule has 1 aromatic heterocycles. The maximum absolute atomic E-state index is 11.3. The molecule has 0 amide bonds. The quantitative estimate of drug-likeness (QED) is 0.818. The molecule has 1 unspecified atom stereocenters. The van der Waals surface area contributed by atoms with E-state index in [0.717, 1.165) is 5.39 Å². The van der Waals surface area contributed by atoms with Gasteiger partial charge in [0.2, 0.25) is 0 Å². The molecule has 5 nitrogen and oxygen atoms in total.